The number of rotatable bonds is 8. The lowest BCUT2D eigenvalue weighted by molar-refractivity contribution is 0.0947. The number of para-hydroxylation sites is 2. The zero-order valence-electron chi connectivity index (χ0n) is 16.8. The molecule has 1 N–H and O–H groups in total. The molecule has 1 heterocycles. The molecule has 1 saturated heterocycles. The number of nitrogens with zero attached hydrogens (tertiary/aromatic N) is 1. The number of carbonyl (C=O) groups is 1. The summed E-state index contributed by atoms with van der Waals surface area (Å²) in [4.78, 5) is 14.8. The summed E-state index contributed by atoms with van der Waals surface area (Å²) in [5.41, 5.74) is 1.93. The lowest BCUT2D eigenvalue weighted by Crippen LogP contribution is -2.33. The first-order valence-corrected chi connectivity index (χ1v) is 10.0. The number of hydrogen-bond acceptors (Lipinski definition) is 4. The van der Waals surface area contributed by atoms with Crippen LogP contribution in [-0.2, 0) is 6.54 Å². The lowest BCUT2D eigenvalue weighted by atomic mass is 9.99. The van der Waals surface area contributed by atoms with Gasteiger partial charge in [-0.15, -0.1) is 0 Å². The molecule has 3 rings (SSSR count). The Hall–Kier alpha value is -2.53. The summed E-state index contributed by atoms with van der Waals surface area (Å²) in [5, 5.41) is 2.90. The van der Waals surface area contributed by atoms with E-state index in [1.165, 1.54) is 24.9 Å². The number of likely N-dealkylation sites (tertiary alicyclic amines) is 1. The number of nitrogens with one attached hydrogen (secondary N) is 1. The Bertz CT molecular complexity index is 761. The summed E-state index contributed by atoms with van der Waals surface area (Å²) in [7, 11) is 1.61. The second-order valence-electron chi connectivity index (χ2n) is 7.43. The highest BCUT2D eigenvalue weighted by molar-refractivity contribution is 5.94. The molecule has 0 saturated carbocycles. The maximum atomic E-state index is 12.3. The second-order valence-corrected chi connectivity index (χ2v) is 7.43. The first-order chi connectivity index (χ1) is 13.7. The number of benzene rings is 2. The minimum atomic E-state index is -0.0817. The summed E-state index contributed by atoms with van der Waals surface area (Å²) >= 11 is 0. The van der Waals surface area contributed by atoms with Gasteiger partial charge in [0.1, 0.15) is 6.61 Å². The fourth-order valence-electron chi connectivity index (χ4n) is 3.62. The molecule has 0 spiro atoms. The van der Waals surface area contributed by atoms with Gasteiger partial charge in [0.2, 0.25) is 0 Å². The zero-order valence-corrected chi connectivity index (χ0v) is 16.8. The smallest absolute Gasteiger partial charge is 0.251 e. The van der Waals surface area contributed by atoms with Crippen LogP contribution < -0.4 is 14.8 Å². The Labute approximate surface area is 167 Å². The summed E-state index contributed by atoms with van der Waals surface area (Å²) in [6.07, 6.45) is 2.61. The molecule has 150 valence electrons. The van der Waals surface area contributed by atoms with E-state index in [4.69, 9.17) is 9.47 Å². The molecule has 28 heavy (non-hydrogen) atoms. The van der Waals surface area contributed by atoms with Crippen LogP contribution in [0.1, 0.15) is 35.7 Å². The quantitative estimate of drug-likeness (QED) is 0.707. The van der Waals surface area contributed by atoms with Gasteiger partial charge in [-0.05, 0) is 55.1 Å². The fraction of sp³-hybridized carbons (Fsp3) is 0.435. The lowest BCUT2D eigenvalue weighted by Gasteiger charge is -2.30. The molecule has 1 atom stereocenters. The highest BCUT2D eigenvalue weighted by Gasteiger charge is 2.16. The minimum absolute atomic E-state index is 0.0817. The highest BCUT2D eigenvalue weighted by Crippen LogP contribution is 2.25. The van der Waals surface area contributed by atoms with Gasteiger partial charge in [0.25, 0.3) is 5.91 Å². The Morgan fingerprint density at radius 1 is 1.14 bits per heavy atom. The molecule has 0 unspecified atom stereocenters. The van der Waals surface area contributed by atoms with Crippen LogP contribution in [0.3, 0.4) is 0 Å². The molecule has 1 amide bonds. The van der Waals surface area contributed by atoms with Crippen LogP contribution in [0, 0.1) is 5.92 Å². The summed E-state index contributed by atoms with van der Waals surface area (Å²) in [6, 6.07) is 15.4. The molecule has 2 aromatic carbocycles. The molecule has 1 aliphatic rings. The topological polar surface area (TPSA) is 50.8 Å². The van der Waals surface area contributed by atoms with E-state index in [0.717, 1.165) is 19.0 Å². The van der Waals surface area contributed by atoms with E-state index in [1.54, 1.807) is 7.11 Å². The van der Waals surface area contributed by atoms with E-state index in [0.29, 0.717) is 30.2 Å². The third-order valence-electron chi connectivity index (χ3n) is 5.08. The minimum Gasteiger partial charge on any atom is -0.493 e. The van der Waals surface area contributed by atoms with Crippen molar-refractivity contribution in [2.75, 3.05) is 33.4 Å². The fourth-order valence-corrected chi connectivity index (χ4v) is 3.62. The summed E-state index contributed by atoms with van der Waals surface area (Å²) < 4.78 is 10.9. The van der Waals surface area contributed by atoms with Crippen LogP contribution in [0.4, 0.5) is 0 Å². The Morgan fingerprint density at radius 3 is 2.61 bits per heavy atom. The Kier molecular flexibility index (Phi) is 7.31. The van der Waals surface area contributed by atoms with Crippen molar-refractivity contribution in [2.45, 2.75) is 26.3 Å². The van der Waals surface area contributed by atoms with Gasteiger partial charge in [-0.3, -0.25) is 9.69 Å². The molecular formula is C23H30N2O3. The van der Waals surface area contributed by atoms with Crippen LogP contribution >= 0.6 is 0 Å². The van der Waals surface area contributed by atoms with Crippen LogP contribution in [-0.4, -0.2) is 44.2 Å². The highest BCUT2D eigenvalue weighted by atomic mass is 16.5. The van der Waals surface area contributed by atoms with Crippen molar-refractivity contribution >= 4 is 5.91 Å². The number of hydrogen-bond donors (Lipinski definition) is 1. The average Bonchev–Trinajstić information content (AvgIpc) is 2.72. The predicted octanol–water partition coefficient (Wildman–Crippen LogP) is 3.74. The Morgan fingerprint density at radius 2 is 1.89 bits per heavy atom. The molecule has 1 fully saturated rings. The van der Waals surface area contributed by atoms with Gasteiger partial charge in [-0.2, -0.15) is 0 Å². The van der Waals surface area contributed by atoms with Crippen molar-refractivity contribution in [3.8, 4) is 11.5 Å². The molecule has 5 nitrogen and oxygen atoms in total. The predicted molar refractivity (Wildman–Crippen MR) is 111 cm³/mol. The van der Waals surface area contributed by atoms with E-state index >= 15 is 0 Å². The van der Waals surface area contributed by atoms with Gasteiger partial charge in [0.15, 0.2) is 11.5 Å². The molecule has 0 radical (unpaired) electrons. The van der Waals surface area contributed by atoms with Gasteiger partial charge < -0.3 is 14.8 Å². The Balaban J connectivity index is 1.43. The summed E-state index contributed by atoms with van der Waals surface area (Å²) in [5.74, 6) is 2.06. The first-order valence-electron chi connectivity index (χ1n) is 10.0. The second kappa shape index (κ2) is 10.1. The van der Waals surface area contributed by atoms with Crippen molar-refractivity contribution in [3.63, 3.8) is 0 Å². The number of carbonyl (C=O) groups excluding carboxylic acids is 1. The van der Waals surface area contributed by atoms with Gasteiger partial charge in [-0.1, -0.05) is 31.2 Å². The molecule has 0 bridgehead atoms. The molecule has 5 heteroatoms. The van der Waals surface area contributed by atoms with E-state index in [2.05, 4.69) is 29.3 Å². The zero-order chi connectivity index (χ0) is 19.8. The van der Waals surface area contributed by atoms with Gasteiger partial charge >= 0.3 is 0 Å². The monoisotopic (exact) mass is 382 g/mol. The molecular weight excluding hydrogens is 352 g/mol. The van der Waals surface area contributed by atoms with Crippen molar-refractivity contribution in [1.82, 2.24) is 10.2 Å². The van der Waals surface area contributed by atoms with Crippen molar-refractivity contribution in [1.29, 1.82) is 0 Å². The van der Waals surface area contributed by atoms with Gasteiger partial charge in [0, 0.05) is 18.7 Å². The number of amides is 1. The third-order valence-corrected chi connectivity index (χ3v) is 5.08. The van der Waals surface area contributed by atoms with E-state index in [9.17, 15) is 4.79 Å². The SMILES string of the molecule is COc1ccccc1OCCNC(=O)c1ccc(CN2CCC[C@@H](C)C2)cc1. The van der Waals surface area contributed by atoms with E-state index in [-0.39, 0.29) is 5.91 Å². The summed E-state index contributed by atoms with van der Waals surface area (Å²) in [6.45, 7) is 6.42. The van der Waals surface area contributed by atoms with E-state index in [1.807, 2.05) is 36.4 Å². The van der Waals surface area contributed by atoms with Gasteiger partial charge in [0.05, 0.1) is 13.7 Å². The third kappa shape index (κ3) is 5.73. The van der Waals surface area contributed by atoms with Crippen molar-refractivity contribution in [2.24, 2.45) is 5.92 Å². The molecule has 0 aliphatic carbocycles. The van der Waals surface area contributed by atoms with Crippen LogP contribution in [0.25, 0.3) is 0 Å². The standard InChI is InChI=1S/C23H30N2O3/c1-18-6-5-14-25(16-18)17-19-9-11-20(12-10-19)23(26)24-13-15-28-22-8-4-3-7-21(22)27-2/h3-4,7-12,18H,5-6,13-17H2,1-2H3,(H,24,26)/t18-/m1/s1. The van der Waals surface area contributed by atoms with E-state index < -0.39 is 0 Å². The number of ether oxygens (including phenoxy) is 2. The molecule has 0 aromatic heterocycles. The van der Waals surface area contributed by atoms with Crippen LogP contribution in [0.2, 0.25) is 0 Å². The number of methoxy groups -OCH3 is 1. The molecule has 2 aromatic rings. The maximum absolute atomic E-state index is 12.3. The average molecular weight is 383 g/mol. The molecule has 1 aliphatic heterocycles. The van der Waals surface area contributed by atoms with Gasteiger partial charge in [-0.25, -0.2) is 0 Å². The van der Waals surface area contributed by atoms with Crippen molar-refractivity contribution in [3.05, 3.63) is 59.7 Å². The first kappa shape index (κ1) is 20.2. The maximum Gasteiger partial charge on any atom is 0.251 e. The van der Waals surface area contributed by atoms with Crippen LogP contribution in [0.15, 0.2) is 48.5 Å². The normalized spacial score (nSPS) is 17.1. The number of piperidine rings is 1. The largest absolute Gasteiger partial charge is 0.493 e. The van der Waals surface area contributed by atoms with Crippen LogP contribution in [0.5, 0.6) is 11.5 Å². The van der Waals surface area contributed by atoms with Crippen molar-refractivity contribution < 1.29 is 14.3 Å².